The molecule has 2 aliphatic rings. The van der Waals surface area contributed by atoms with Gasteiger partial charge in [-0.3, -0.25) is 4.90 Å². The van der Waals surface area contributed by atoms with Crippen LogP contribution in [0.25, 0.3) is 0 Å². The molecular formula is C25H32FN3O3. The molecule has 4 rings (SSSR count). The lowest BCUT2D eigenvalue weighted by atomic mass is 10.0. The summed E-state index contributed by atoms with van der Waals surface area (Å²) in [7, 11) is 1.38. The normalized spacial score (nSPS) is 19.2. The van der Waals surface area contributed by atoms with Gasteiger partial charge in [-0.1, -0.05) is 18.2 Å². The summed E-state index contributed by atoms with van der Waals surface area (Å²) in [6.45, 7) is 3.89. The van der Waals surface area contributed by atoms with Crippen molar-refractivity contribution in [1.82, 2.24) is 9.88 Å². The third kappa shape index (κ3) is 5.64. The summed E-state index contributed by atoms with van der Waals surface area (Å²) in [6.07, 6.45) is 4.99. The highest BCUT2D eigenvalue weighted by atomic mass is 19.1. The SMILES string of the molecule is COC(=O)C(c1cccc(F)c1)N1CCC(CCOCCc2ccc3c(n2)NCCC3)C1. The van der Waals surface area contributed by atoms with Gasteiger partial charge in [0.15, 0.2) is 0 Å². The number of fused-ring (bicyclic) bond motifs is 1. The lowest BCUT2D eigenvalue weighted by molar-refractivity contribution is -0.147. The van der Waals surface area contributed by atoms with Crippen molar-refractivity contribution in [2.75, 3.05) is 45.3 Å². The van der Waals surface area contributed by atoms with Crippen LogP contribution in [0.5, 0.6) is 0 Å². The number of carbonyl (C=O) groups is 1. The van der Waals surface area contributed by atoms with E-state index in [4.69, 9.17) is 14.5 Å². The zero-order valence-corrected chi connectivity index (χ0v) is 18.7. The van der Waals surface area contributed by atoms with E-state index in [-0.39, 0.29) is 11.8 Å². The van der Waals surface area contributed by atoms with Crippen LogP contribution in [-0.2, 0) is 27.1 Å². The number of benzene rings is 1. The highest BCUT2D eigenvalue weighted by Gasteiger charge is 2.34. The molecule has 2 aliphatic heterocycles. The maximum absolute atomic E-state index is 13.7. The first-order chi connectivity index (χ1) is 15.6. The second-order valence-corrected chi connectivity index (χ2v) is 8.62. The zero-order chi connectivity index (χ0) is 22.3. The van der Waals surface area contributed by atoms with Gasteiger partial charge < -0.3 is 14.8 Å². The van der Waals surface area contributed by atoms with Crippen molar-refractivity contribution in [3.05, 3.63) is 59.0 Å². The van der Waals surface area contributed by atoms with Crippen LogP contribution in [0.15, 0.2) is 36.4 Å². The second-order valence-electron chi connectivity index (χ2n) is 8.62. The Hall–Kier alpha value is -2.51. The smallest absolute Gasteiger partial charge is 0.327 e. The minimum Gasteiger partial charge on any atom is -0.468 e. The number of likely N-dealkylation sites (tertiary alicyclic amines) is 1. The Morgan fingerprint density at radius 3 is 3.06 bits per heavy atom. The number of methoxy groups -OCH3 is 1. The van der Waals surface area contributed by atoms with Crippen LogP contribution in [0.4, 0.5) is 10.2 Å². The first-order valence-electron chi connectivity index (χ1n) is 11.5. The third-order valence-corrected chi connectivity index (χ3v) is 6.40. The van der Waals surface area contributed by atoms with E-state index >= 15 is 0 Å². The predicted molar refractivity (Wildman–Crippen MR) is 121 cm³/mol. The number of pyridine rings is 1. The van der Waals surface area contributed by atoms with Gasteiger partial charge in [0, 0.05) is 31.8 Å². The molecule has 7 heteroatoms. The number of hydrogen-bond donors (Lipinski definition) is 1. The number of carbonyl (C=O) groups excluding carboxylic acids is 1. The average molecular weight is 442 g/mol. The highest BCUT2D eigenvalue weighted by Crippen LogP contribution is 2.30. The van der Waals surface area contributed by atoms with Crippen molar-refractivity contribution < 1.29 is 18.7 Å². The summed E-state index contributed by atoms with van der Waals surface area (Å²) in [5, 5.41) is 3.37. The number of nitrogens with one attached hydrogen (secondary N) is 1. The molecule has 0 aliphatic carbocycles. The van der Waals surface area contributed by atoms with Gasteiger partial charge >= 0.3 is 5.97 Å². The largest absolute Gasteiger partial charge is 0.468 e. The number of esters is 1. The maximum atomic E-state index is 13.7. The molecule has 32 heavy (non-hydrogen) atoms. The predicted octanol–water partition coefficient (Wildman–Crippen LogP) is 3.76. The Bertz CT molecular complexity index is 923. The minimum atomic E-state index is -0.565. The van der Waals surface area contributed by atoms with E-state index in [1.807, 2.05) is 0 Å². The molecule has 3 heterocycles. The molecule has 2 unspecified atom stereocenters. The van der Waals surface area contributed by atoms with Crippen LogP contribution in [0.3, 0.4) is 0 Å². The number of nitrogens with zero attached hydrogens (tertiary/aromatic N) is 2. The van der Waals surface area contributed by atoms with E-state index in [2.05, 4.69) is 22.3 Å². The minimum absolute atomic E-state index is 0.343. The Labute approximate surface area is 189 Å². The number of anilines is 1. The van der Waals surface area contributed by atoms with Gasteiger partial charge in [0.25, 0.3) is 0 Å². The molecule has 1 saturated heterocycles. The van der Waals surface area contributed by atoms with Crippen molar-refractivity contribution in [1.29, 1.82) is 0 Å². The summed E-state index contributed by atoms with van der Waals surface area (Å²) in [6, 6.07) is 9.93. The number of hydrogen-bond acceptors (Lipinski definition) is 6. The van der Waals surface area contributed by atoms with Crippen LogP contribution in [-0.4, -0.2) is 55.8 Å². The van der Waals surface area contributed by atoms with Gasteiger partial charge in [-0.2, -0.15) is 0 Å². The summed E-state index contributed by atoms with van der Waals surface area (Å²) >= 11 is 0. The van der Waals surface area contributed by atoms with Crippen molar-refractivity contribution in [2.45, 2.75) is 38.1 Å². The summed E-state index contributed by atoms with van der Waals surface area (Å²) in [5.74, 6) is 0.782. The molecule has 1 N–H and O–H groups in total. The van der Waals surface area contributed by atoms with Gasteiger partial charge in [-0.15, -0.1) is 0 Å². The molecule has 0 saturated carbocycles. The molecule has 172 valence electrons. The van der Waals surface area contributed by atoms with Crippen LogP contribution >= 0.6 is 0 Å². The fourth-order valence-electron chi connectivity index (χ4n) is 4.65. The van der Waals surface area contributed by atoms with Crippen molar-refractivity contribution in [3.63, 3.8) is 0 Å². The van der Waals surface area contributed by atoms with E-state index in [1.165, 1.54) is 31.2 Å². The first kappa shape index (κ1) is 22.7. The van der Waals surface area contributed by atoms with Crippen LogP contribution in [0, 0.1) is 11.7 Å². The van der Waals surface area contributed by atoms with Gasteiger partial charge in [-0.05, 0) is 67.5 Å². The van der Waals surface area contributed by atoms with E-state index in [0.717, 1.165) is 56.8 Å². The van der Waals surface area contributed by atoms with Crippen LogP contribution in [0.1, 0.15) is 42.1 Å². The van der Waals surface area contributed by atoms with Crippen molar-refractivity contribution in [3.8, 4) is 0 Å². The molecule has 2 aromatic rings. The summed E-state index contributed by atoms with van der Waals surface area (Å²) in [5.41, 5.74) is 3.00. The number of rotatable bonds is 9. The van der Waals surface area contributed by atoms with E-state index in [0.29, 0.717) is 24.7 Å². The van der Waals surface area contributed by atoms with Gasteiger partial charge in [0.1, 0.15) is 17.7 Å². The molecule has 1 aromatic heterocycles. The Kier molecular flexibility index (Phi) is 7.71. The Morgan fingerprint density at radius 1 is 1.31 bits per heavy atom. The maximum Gasteiger partial charge on any atom is 0.327 e. The average Bonchev–Trinajstić information content (AvgIpc) is 3.27. The third-order valence-electron chi connectivity index (χ3n) is 6.40. The molecular weight excluding hydrogens is 409 g/mol. The van der Waals surface area contributed by atoms with Gasteiger partial charge in [-0.25, -0.2) is 14.2 Å². The standard InChI is InChI=1S/C25H32FN3O3/c1-31-25(30)23(20-4-2-6-21(26)16-20)29-13-9-18(17-29)10-14-32-15-11-22-8-7-19-5-3-12-27-24(19)28-22/h2,4,6-8,16,18,23H,3,5,9-15,17H2,1H3,(H,27,28). The van der Waals surface area contributed by atoms with E-state index in [9.17, 15) is 9.18 Å². The van der Waals surface area contributed by atoms with E-state index in [1.54, 1.807) is 12.1 Å². The molecule has 2 atom stereocenters. The molecule has 6 nitrogen and oxygen atoms in total. The monoisotopic (exact) mass is 441 g/mol. The summed E-state index contributed by atoms with van der Waals surface area (Å²) < 4.78 is 24.6. The Balaban J connectivity index is 1.22. The molecule has 1 aromatic carbocycles. The lowest BCUT2D eigenvalue weighted by Gasteiger charge is -2.26. The first-order valence-corrected chi connectivity index (χ1v) is 11.5. The van der Waals surface area contributed by atoms with E-state index < -0.39 is 6.04 Å². The van der Waals surface area contributed by atoms with Crippen LogP contribution in [0.2, 0.25) is 0 Å². The molecule has 0 spiro atoms. The van der Waals surface area contributed by atoms with Gasteiger partial charge in [0.2, 0.25) is 0 Å². The molecule has 0 radical (unpaired) electrons. The summed E-state index contributed by atoms with van der Waals surface area (Å²) in [4.78, 5) is 19.2. The molecule has 0 amide bonds. The number of ether oxygens (including phenoxy) is 2. The quantitative estimate of drug-likeness (QED) is 0.472. The molecule has 1 fully saturated rings. The number of aromatic nitrogens is 1. The van der Waals surface area contributed by atoms with Crippen molar-refractivity contribution >= 4 is 11.8 Å². The second kappa shape index (κ2) is 10.9. The molecule has 0 bridgehead atoms. The topological polar surface area (TPSA) is 63.7 Å². The fourth-order valence-corrected chi connectivity index (χ4v) is 4.65. The van der Waals surface area contributed by atoms with Crippen molar-refractivity contribution in [2.24, 2.45) is 5.92 Å². The number of aryl methyl sites for hydroxylation is 1. The Morgan fingerprint density at radius 2 is 2.22 bits per heavy atom. The highest BCUT2D eigenvalue weighted by molar-refractivity contribution is 5.77. The van der Waals surface area contributed by atoms with Gasteiger partial charge in [0.05, 0.1) is 13.7 Å². The lowest BCUT2D eigenvalue weighted by Crippen LogP contribution is -2.33. The van der Waals surface area contributed by atoms with Crippen LogP contribution < -0.4 is 5.32 Å². The fraction of sp³-hybridized carbons (Fsp3) is 0.520. The number of halogens is 1. The zero-order valence-electron chi connectivity index (χ0n) is 18.7.